The van der Waals surface area contributed by atoms with Crippen LogP contribution in [0.5, 0.6) is 0 Å². The second kappa shape index (κ2) is 5.13. The molecule has 0 fully saturated rings. The van der Waals surface area contributed by atoms with Crippen molar-refractivity contribution in [3.05, 3.63) is 24.4 Å². The molecule has 1 amide bonds. The van der Waals surface area contributed by atoms with E-state index < -0.39 is 6.09 Å². The zero-order valence-corrected chi connectivity index (χ0v) is 8.30. The molecule has 0 atom stereocenters. The summed E-state index contributed by atoms with van der Waals surface area (Å²) in [5, 5.41) is 5.16. The molecule has 0 saturated heterocycles. The maximum atomic E-state index is 10.7. The Hall–Kier alpha value is -1.69. The van der Waals surface area contributed by atoms with Crippen molar-refractivity contribution in [2.24, 2.45) is 0 Å². The van der Waals surface area contributed by atoms with E-state index in [1.165, 1.54) is 7.11 Å². The first kappa shape index (κ1) is 10.4. The van der Waals surface area contributed by atoms with Gasteiger partial charge in [-0.2, -0.15) is 0 Å². The minimum Gasteiger partial charge on any atom is -0.453 e. The molecular weight excluding hydrogens is 202 g/mol. The van der Waals surface area contributed by atoms with Crippen molar-refractivity contribution in [3.63, 3.8) is 0 Å². The van der Waals surface area contributed by atoms with E-state index in [1.807, 2.05) is 0 Å². The van der Waals surface area contributed by atoms with Gasteiger partial charge in [0.2, 0.25) is 0 Å². The molecule has 0 aromatic carbocycles. The van der Waals surface area contributed by atoms with E-state index in [0.717, 1.165) is 0 Å². The van der Waals surface area contributed by atoms with Gasteiger partial charge in [-0.15, -0.1) is 0 Å². The summed E-state index contributed by atoms with van der Waals surface area (Å²) in [5.41, 5.74) is 0. The fourth-order valence-electron chi connectivity index (χ4n) is 0.728. The van der Waals surface area contributed by atoms with E-state index in [-0.39, 0.29) is 5.11 Å². The van der Waals surface area contributed by atoms with E-state index in [4.69, 9.17) is 12.2 Å². The van der Waals surface area contributed by atoms with E-state index in [0.29, 0.717) is 5.82 Å². The predicted octanol–water partition coefficient (Wildman–Crippen LogP) is 1.13. The molecule has 0 aliphatic rings. The average Bonchev–Trinajstić information content (AvgIpc) is 2.19. The second-order valence-corrected chi connectivity index (χ2v) is 2.69. The predicted molar refractivity (Wildman–Crippen MR) is 56.0 cm³/mol. The SMILES string of the molecule is COC(=O)NC(=S)Nc1ccccn1. The molecular formula is C8H9N3O2S. The molecule has 0 unspecified atom stereocenters. The van der Waals surface area contributed by atoms with Crippen LogP contribution >= 0.6 is 12.2 Å². The largest absolute Gasteiger partial charge is 0.453 e. The van der Waals surface area contributed by atoms with Gasteiger partial charge in [-0.1, -0.05) is 6.07 Å². The molecule has 1 heterocycles. The van der Waals surface area contributed by atoms with Crippen molar-refractivity contribution in [1.29, 1.82) is 0 Å². The van der Waals surface area contributed by atoms with E-state index in [1.54, 1.807) is 24.4 Å². The number of alkyl carbamates (subject to hydrolysis) is 1. The highest BCUT2D eigenvalue weighted by atomic mass is 32.1. The average molecular weight is 211 g/mol. The molecule has 0 spiro atoms. The highest BCUT2D eigenvalue weighted by molar-refractivity contribution is 7.80. The molecule has 0 bridgehead atoms. The van der Waals surface area contributed by atoms with Gasteiger partial charge in [0, 0.05) is 6.20 Å². The molecule has 0 aliphatic carbocycles. The van der Waals surface area contributed by atoms with Gasteiger partial charge in [-0.25, -0.2) is 9.78 Å². The van der Waals surface area contributed by atoms with Gasteiger partial charge >= 0.3 is 6.09 Å². The number of carbonyl (C=O) groups excluding carboxylic acids is 1. The molecule has 0 saturated carbocycles. The van der Waals surface area contributed by atoms with E-state index in [9.17, 15) is 4.79 Å². The Kier molecular flexibility index (Phi) is 3.81. The molecule has 14 heavy (non-hydrogen) atoms. The molecule has 0 radical (unpaired) electrons. The maximum Gasteiger partial charge on any atom is 0.413 e. The van der Waals surface area contributed by atoms with Crippen molar-refractivity contribution in [2.45, 2.75) is 0 Å². The number of thiocarbonyl (C=S) groups is 1. The number of amides is 1. The third-order valence-electron chi connectivity index (χ3n) is 1.31. The third-order valence-corrected chi connectivity index (χ3v) is 1.51. The number of ether oxygens (including phenoxy) is 1. The summed E-state index contributed by atoms with van der Waals surface area (Å²) in [6.07, 6.45) is 1.00. The van der Waals surface area contributed by atoms with Crippen molar-refractivity contribution < 1.29 is 9.53 Å². The van der Waals surface area contributed by atoms with Gasteiger partial charge in [0.15, 0.2) is 5.11 Å². The normalized spacial score (nSPS) is 8.93. The number of nitrogens with zero attached hydrogens (tertiary/aromatic N) is 1. The van der Waals surface area contributed by atoms with Crippen LogP contribution < -0.4 is 10.6 Å². The summed E-state index contributed by atoms with van der Waals surface area (Å²) >= 11 is 4.82. The summed E-state index contributed by atoms with van der Waals surface area (Å²) in [6.45, 7) is 0. The summed E-state index contributed by atoms with van der Waals surface area (Å²) < 4.78 is 4.36. The minimum atomic E-state index is -0.613. The summed E-state index contributed by atoms with van der Waals surface area (Å²) in [5.74, 6) is 0.564. The zero-order valence-electron chi connectivity index (χ0n) is 7.48. The van der Waals surface area contributed by atoms with Crippen LogP contribution in [0.2, 0.25) is 0 Å². The first-order valence-electron chi connectivity index (χ1n) is 3.79. The number of methoxy groups -OCH3 is 1. The van der Waals surface area contributed by atoms with Crippen molar-refractivity contribution in [2.75, 3.05) is 12.4 Å². The summed E-state index contributed by atoms with van der Waals surface area (Å²) in [6, 6.07) is 5.31. The summed E-state index contributed by atoms with van der Waals surface area (Å²) in [4.78, 5) is 14.7. The van der Waals surface area contributed by atoms with Crippen LogP contribution in [0.1, 0.15) is 0 Å². The number of anilines is 1. The van der Waals surface area contributed by atoms with Crippen LogP contribution in [0.15, 0.2) is 24.4 Å². The van der Waals surface area contributed by atoms with Crippen LogP contribution in [0, 0.1) is 0 Å². The molecule has 5 nitrogen and oxygen atoms in total. The third kappa shape index (κ3) is 3.36. The molecule has 1 aromatic heterocycles. The highest BCUT2D eigenvalue weighted by Crippen LogP contribution is 1.98. The number of rotatable bonds is 1. The molecule has 0 aliphatic heterocycles. The van der Waals surface area contributed by atoms with Gasteiger partial charge in [0.1, 0.15) is 5.82 Å². The van der Waals surface area contributed by atoms with Crippen LogP contribution in [0.3, 0.4) is 0 Å². The standard InChI is InChI=1S/C8H9N3O2S/c1-13-8(12)11-7(14)10-6-4-2-3-5-9-6/h2-5H,1H3,(H2,9,10,11,12,14). The number of aromatic nitrogens is 1. The van der Waals surface area contributed by atoms with Gasteiger partial charge in [-0.3, -0.25) is 5.32 Å². The first-order chi connectivity index (χ1) is 6.72. The lowest BCUT2D eigenvalue weighted by atomic mass is 10.5. The number of pyridine rings is 1. The van der Waals surface area contributed by atoms with Crippen LogP contribution in [-0.2, 0) is 4.74 Å². The Morgan fingerprint density at radius 1 is 1.57 bits per heavy atom. The Morgan fingerprint density at radius 2 is 2.36 bits per heavy atom. The summed E-state index contributed by atoms with van der Waals surface area (Å²) in [7, 11) is 1.26. The number of hydrogen-bond donors (Lipinski definition) is 2. The smallest absolute Gasteiger partial charge is 0.413 e. The van der Waals surface area contributed by atoms with E-state index >= 15 is 0 Å². The quantitative estimate of drug-likeness (QED) is 0.682. The molecule has 2 N–H and O–H groups in total. The Bertz CT molecular complexity index is 329. The Morgan fingerprint density at radius 3 is 2.93 bits per heavy atom. The van der Waals surface area contributed by atoms with Gasteiger partial charge in [0.05, 0.1) is 7.11 Å². The van der Waals surface area contributed by atoms with Crippen LogP contribution in [0.4, 0.5) is 10.6 Å². The molecule has 6 heteroatoms. The fraction of sp³-hybridized carbons (Fsp3) is 0.125. The molecule has 74 valence electrons. The minimum absolute atomic E-state index is 0.149. The van der Waals surface area contributed by atoms with Crippen LogP contribution in [0.25, 0.3) is 0 Å². The number of carbonyl (C=O) groups is 1. The van der Waals surface area contributed by atoms with E-state index in [2.05, 4.69) is 20.4 Å². The molecule has 1 aromatic rings. The second-order valence-electron chi connectivity index (χ2n) is 2.29. The van der Waals surface area contributed by atoms with Crippen molar-refractivity contribution >= 4 is 29.2 Å². The van der Waals surface area contributed by atoms with Gasteiger partial charge < -0.3 is 10.1 Å². The maximum absolute atomic E-state index is 10.7. The highest BCUT2D eigenvalue weighted by Gasteiger charge is 2.02. The lowest BCUT2D eigenvalue weighted by molar-refractivity contribution is 0.177. The number of nitrogens with one attached hydrogen (secondary N) is 2. The van der Waals surface area contributed by atoms with Gasteiger partial charge in [-0.05, 0) is 24.4 Å². The fourth-order valence-corrected chi connectivity index (χ4v) is 0.916. The first-order valence-corrected chi connectivity index (χ1v) is 4.20. The van der Waals surface area contributed by atoms with Crippen molar-refractivity contribution in [3.8, 4) is 0 Å². The van der Waals surface area contributed by atoms with Crippen molar-refractivity contribution in [1.82, 2.24) is 10.3 Å². The topological polar surface area (TPSA) is 63.2 Å². The zero-order chi connectivity index (χ0) is 10.4. The monoisotopic (exact) mass is 211 g/mol. The van der Waals surface area contributed by atoms with Crippen LogP contribution in [-0.4, -0.2) is 23.3 Å². The van der Waals surface area contributed by atoms with Gasteiger partial charge in [0.25, 0.3) is 0 Å². The Balaban J connectivity index is 2.46. The lowest BCUT2D eigenvalue weighted by Crippen LogP contribution is -2.34. The lowest BCUT2D eigenvalue weighted by Gasteiger charge is -2.06. The molecule has 1 rings (SSSR count). The Labute approximate surface area is 86.5 Å². The number of hydrogen-bond acceptors (Lipinski definition) is 4.